The Balaban J connectivity index is 1.93. The van der Waals surface area contributed by atoms with Crippen molar-refractivity contribution in [3.63, 3.8) is 0 Å². The summed E-state index contributed by atoms with van der Waals surface area (Å²) in [4.78, 5) is 0. The highest BCUT2D eigenvalue weighted by Crippen LogP contribution is 2.54. The largest absolute Gasteiger partial charge is 0.489 e. The van der Waals surface area contributed by atoms with Gasteiger partial charge in [0.25, 0.3) is 0 Å². The zero-order valence-electron chi connectivity index (χ0n) is 15.3. The van der Waals surface area contributed by atoms with E-state index in [1.807, 2.05) is 20.8 Å². The van der Waals surface area contributed by atoms with Crippen molar-refractivity contribution in [3.8, 4) is 17.2 Å². The van der Waals surface area contributed by atoms with Gasteiger partial charge in [0.15, 0.2) is 17.3 Å². The molecule has 2 N–H and O–H groups in total. The zero-order valence-corrected chi connectivity index (χ0v) is 15.3. The molecule has 0 aromatic heterocycles. The van der Waals surface area contributed by atoms with Crippen LogP contribution >= 0.6 is 0 Å². The summed E-state index contributed by atoms with van der Waals surface area (Å²) >= 11 is 0. The van der Waals surface area contributed by atoms with Gasteiger partial charge in [0, 0.05) is 16.7 Å². The maximum atomic E-state index is 10.0. The number of aliphatic hydroxyl groups is 1. The topological polar surface area (TPSA) is 78.4 Å². The summed E-state index contributed by atoms with van der Waals surface area (Å²) in [7, 11) is 0. The molecule has 1 aromatic carbocycles. The van der Waals surface area contributed by atoms with Crippen LogP contribution in [0, 0.1) is 6.92 Å². The van der Waals surface area contributed by atoms with E-state index in [1.165, 1.54) is 0 Å². The lowest BCUT2D eigenvalue weighted by atomic mass is 9.84. The van der Waals surface area contributed by atoms with Crippen LogP contribution in [-0.4, -0.2) is 43.5 Å². The van der Waals surface area contributed by atoms with Crippen LogP contribution in [0.5, 0.6) is 17.2 Å². The minimum absolute atomic E-state index is 0.0840. The fourth-order valence-electron chi connectivity index (χ4n) is 3.94. The Bertz CT molecular complexity index is 731. The molecule has 3 aliphatic rings. The van der Waals surface area contributed by atoms with Crippen LogP contribution in [0.4, 0.5) is 0 Å². The first-order valence-corrected chi connectivity index (χ1v) is 8.85. The molecular formula is C19H25NO6. The first-order chi connectivity index (χ1) is 12.5. The summed E-state index contributed by atoms with van der Waals surface area (Å²) in [6, 6.07) is -0.416. The molecule has 0 aliphatic carbocycles. The van der Waals surface area contributed by atoms with Crippen molar-refractivity contribution < 1.29 is 28.8 Å². The van der Waals surface area contributed by atoms with Gasteiger partial charge in [-0.1, -0.05) is 12.7 Å². The Morgan fingerprint density at radius 2 is 2.08 bits per heavy atom. The highest BCUT2D eigenvalue weighted by atomic mass is 16.7. The molecular weight excluding hydrogens is 338 g/mol. The van der Waals surface area contributed by atoms with E-state index in [9.17, 15) is 5.11 Å². The third-order valence-corrected chi connectivity index (χ3v) is 5.04. The van der Waals surface area contributed by atoms with Gasteiger partial charge in [-0.25, -0.2) is 0 Å². The summed E-state index contributed by atoms with van der Waals surface area (Å²) in [5.41, 5.74) is 2.60. The second-order valence-corrected chi connectivity index (χ2v) is 7.20. The van der Waals surface area contributed by atoms with E-state index in [4.69, 9.17) is 23.7 Å². The number of hydrogen-bond acceptors (Lipinski definition) is 7. The Hall–Kier alpha value is -1.80. The van der Waals surface area contributed by atoms with Crippen molar-refractivity contribution in [2.45, 2.75) is 44.7 Å². The third kappa shape index (κ3) is 2.66. The summed E-state index contributed by atoms with van der Waals surface area (Å²) in [6.45, 7) is 10.4. The number of hydrogen-bond donors (Lipinski definition) is 2. The fraction of sp³-hybridized carbons (Fsp3) is 0.579. The lowest BCUT2D eigenvalue weighted by Crippen LogP contribution is -2.54. The van der Waals surface area contributed by atoms with Crippen molar-refractivity contribution in [1.29, 1.82) is 0 Å². The predicted molar refractivity (Wildman–Crippen MR) is 93.6 cm³/mol. The van der Waals surface area contributed by atoms with Crippen LogP contribution in [0.25, 0.3) is 0 Å². The lowest BCUT2D eigenvalue weighted by molar-refractivity contribution is -0.288. The van der Waals surface area contributed by atoms with Gasteiger partial charge in [-0.05, 0) is 20.8 Å². The van der Waals surface area contributed by atoms with E-state index < -0.39 is 5.79 Å². The van der Waals surface area contributed by atoms with Crippen molar-refractivity contribution in [3.05, 3.63) is 29.3 Å². The molecule has 0 saturated carbocycles. The highest BCUT2D eigenvalue weighted by molar-refractivity contribution is 5.66. The van der Waals surface area contributed by atoms with Gasteiger partial charge in [0.2, 0.25) is 6.79 Å². The number of benzene rings is 1. The highest BCUT2D eigenvalue weighted by Gasteiger charge is 2.47. The van der Waals surface area contributed by atoms with Crippen molar-refractivity contribution in [2.75, 3.05) is 26.6 Å². The SMILES string of the molecule is C=CCOc1c(C)c2c(c3c1[C@H]1OC(C)(C)OC[C@H]1N[C@H]3CO)OCO2. The van der Waals surface area contributed by atoms with E-state index >= 15 is 0 Å². The molecule has 0 unspecified atom stereocenters. The van der Waals surface area contributed by atoms with Crippen molar-refractivity contribution in [2.24, 2.45) is 0 Å². The quantitative estimate of drug-likeness (QED) is 0.794. The van der Waals surface area contributed by atoms with Gasteiger partial charge >= 0.3 is 0 Å². The van der Waals surface area contributed by atoms with Gasteiger partial charge in [-0.2, -0.15) is 0 Å². The molecule has 0 radical (unpaired) electrons. The minimum atomic E-state index is -0.716. The number of nitrogens with one attached hydrogen (secondary N) is 1. The molecule has 3 heterocycles. The Labute approximate surface area is 152 Å². The molecule has 0 spiro atoms. The van der Waals surface area contributed by atoms with Gasteiger partial charge in [0.05, 0.1) is 25.3 Å². The van der Waals surface area contributed by atoms with E-state index in [0.717, 1.165) is 16.7 Å². The van der Waals surface area contributed by atoms with Gasteiger partial charge < -0.3 is 34.1 Å². The molecule has 3 atom stereocenters. The maximum Gasteiger partial charge on any atom is 0.231 e. The van der Waals surface area contributed by atoms with Gasteiger partial charge in [-0.15, -0.1) is 0 Å². The molecule has 7 nitrogen and oxygen atoms in total. The average Bonchev–Trinajstić information content (AvgIpc) is 3.10. The molecule has 0 bridgehead atoms. The second-order valence-electron chi connectivity index (χ2n) is 7.20. The maximum absolute atomic E-state index is 10.0. The lowest BCUT2D eigenvalue weighted by Gasteiger charge is -2.47. The molecule has 142 valence electrons. The standard InChI is InChI=1S/C19H25NO6/c1-5-6-22-15-10(2)16-18(24-9-23-16)13-11(7-21)20-12-8-25-19(3,4)26-17(12)14(13)15/h5,11-12,17,20-21H,1,6-9H2,2-4H3/t11-,12+,17-/m0/s1. The average molecular weight is 363 g/mol. The number of ether oxygens (including phenoxy) is 5. The molecule has 1 saturated heterocycles. The number of rotatable bonds is 4. The molecule has 3 aliphatic heterocycles. The normalized spacial score (nSPS) is 28.2. The van der Waals surface area contributed by atoms with Crippen molar-refractivity contribution >= 4 is 0 Å². The number of fused-ring (bicyclic) bond motifs is 5. The van der Waals surface area contributed by atoms with Gasteiger partial charge in [-0.3, -0.25) is 0 Å². The first kappa shape index (κ1) is 17.6. The van der Waals surface area contributed by atoms with Crippen LogP contribution in [0.15, 0.2) is 12.7 Å². The zero-order chi connectivity index (χ0) is 18.5. The molecule has 1 aromatic rings. The van der Waals surface area contributed by atoms with E-state index in [0.29, 0.717) is 30.5 Å². The molecule has 4 rings (SSSR count). The minimum Gasteiger partial charge on any atom is -0.489 e. The Morgan fingerprint density at radius 3 is 2.81 bits per heavy atom. The van der Waals surface area contributed by atoms with Crippen LogP contribution < -0.4 is 19.5 Å². The van der Waals surface area contributed by atoms with E-state index in [2.05, 4.69) is 11.9 Å². The Morgan fingerprint density at radius 1 is 1.31 bits per heavy atom. The van der Waals surface area contributed by atoms with E-state index in [1.54, 1.807) is 6.08 Å². The Kier molecular flexibility index (Phi) is 4.35. The van der Waals surface area contributed by atoms with Crippen LogP contribution in [0.3, 0.4) is 0 Å². The molecule has 7 heteroatoms. The van der Waals surface area contributed by atoms with Gasteiger partial charge in [0.1, 0.15) is 18.5 Å². The third-order valence-electron chi connectivity index (χ3n) is 5.04. The predicted octanol–water partition coefficient (Wildman–Crippen LogP) is 2.12. The van der Waals surface area contributed by atoms with Crippen molar-refractivity contribution in [1.82, 2.24) is 5.32 Å². The summed E-state index contributed by atoms with van der Waals surface area (Å²) in [5.74, 6) is 1.30. The van der Waals surface area contributed by atoms with E-state index in [-0.39, 0.29) is 31.6 Å². The molecule has 0 amide bonds. The summed E-state index contributed by atoms with van der Waals surface area (Å²) < 4.78 is 29.6. The molecule has 26 heavy (non-hydrogen) atoms. The first-order valence-electron chi connectivity index (χ1n) is 8.85. The second kappa shape index (κ2) is 6.42. The molecule has 1 fully saturated rings. The van der Waals surface area contributed by atoms with Crippen LogP contribution in [0.1, 0.15) is 42.7 Å². The smallest absolute Gasteiger partial charge is 0.231 e. The monoisotopic (exact) mass is 363 g/mol. The summed E-state index contributed by atoms with van der Waals surface area (Å²) in [6.07, 6.45) is 1.41. The fourth-order valence-corrected chi connectivity index (χ4v) is 3.94. The summed E-state index contributed by atoms with van der Waals surface area (Å²) in [5, 5.41) is 13.4. The number of aliphatic hydroxyl groups excluding tert-OH is 1. The van der Waals surface area contributed by atoms with Crippen LogP contribution in [-0.2, 0) is 9.47 Å². The van der Waals surface area contributed by atoms with Crippen LogP contribution in [0.2, 0.25) is 0 Å².